The first-order chi connectivity index (χ1) is 15.7. The van der Waals surface area contributed by atoms with Gasteiger partial charge in [0.05, 0.1) is 25.7 Å². The lowest BCUT2D eigenvalue weighted by Crippen LogP contribution is -2.17. The molecule has 6 heteroatoms. The first-order valence-electron chi connectivity index (χ1n) is 11.7. The van der Waals surface area contributed by atoms with Crippen molar-refractivity contribution in [2.24, 2.45) is 5.92 Å². The Hall–Kier alpha value is -2.60. The van der Waals surface area contributed by atoms with Gasteiger partial charge in [-0.15, -0.1) is 0 Å². The highest BCUT2D eigenvalue weighted by Gasteiger charge is 2.31. The Morgan fingerprint density at radius 1 is 1.12 bits per heavy atom. The predicted octanol–water partition coefficient (Wildman–Crippen LogP) is 6.43. The zero-order chi connectivity index (χ0) is 24.7. The SMILES string of the molecule is CCCC[C@H](OC)c1cc(=O)oc2c(C(=O)[C@@H](C)CC)c(OC)c(CC=C(C)C)c(OC)c12. The number of carbonyl (C=O) groups excluding carboxylic acids is 1. The second-order valence-corrected chi connectivity index (χ2v) is 8.67. The molecule has 0 amide bonds. The second-order valence-electron chi connectivity index (χ2n) is 8.67. The van der Waals surface area contributed by atoms with Crippen molar-refractivity contribution in [1.29, 1.82) is 0 Å². The summed E-state index contributed by atoms with van der Waals surface area (Å²) in [6, 6.07) is 1.46. The third kappa shape index (κ3) is 5.67. The van der Waals surface area contributed by atoms with E-state index in [0.29, 0.717) is 40.9 Å². The summed E-state index contributed by atoms with van der Waals surface area (Å²) < 4.78 is 23.2. The molecule has 2 atom stereocenters. The van der Waals surface area contributed by atoms with Crippen molar-refractivity contribution in [3.8, 4) is 11.5 Å². The van der Waals surface area contributed by atoms with Crippen LogP contribution < -0.4 is 15.1 Å². The Kier molecular flexibility index (Phi) is 9.71. The molecule has 1 aromatic carbocycles. The quantitative estimate of drug-likeness (QED) is 0.207. The summed E-state index contributed by atoms with van der Waals surface area (Å²) in [4.78, 5) is 26.3. The first-order valence-corrected chi connectivity index (χ1v) is 11.7. The van der Waals surface area contributed by atoms with Crippen molar-refractivity contribution in [1.82, 2.24) is 0 Å². The lowest BCUT2D eigenvalue weighted by atomic mass is 9.89. The molecule has 2 rings (SSSR count). The van der Waals surface area contributed by atoms with Gasteiger partial charge in [0.2, 0.25) is 0 Å². The summed E-state index contributed by atoms with van der Waals surface area (Å²) in [5, 5.41) is 0.602. The molecule has 0 radical (unpaired) electrons. The molecule has 0 spiro atoms. The molecular weight excluding hydrogens is 420 g/mol. The van der Waals surface area contributed by atoms with Gasteiger partial charge in [0, 0.05) is 30.2 Å². The highest BCUT2D eigenvalue weighted by atomic mass is 16.5. The van der Waals surface area contributed by atoms with Crippen molar-refractivity contribution in [3.63, 3.8) is 0 Å². The number of carbonyl (C=O) groups is 1. The van der Waals surface area contributed by atoms with Crippen molar-refractivity contribution in [2.45, 2.75) is 72.8 Å². The molecular formula is C27H38O6. The van der Waals surface area contributed by atoms with Crippen LogP contribution in [0.15, 0.2) is 26.9 Å². The molecule has 0 aliphatic rings. The van der Waals surface area contributed by atoms with Gasteiger partial charge in [-0.3, -0.25) is 4.79 Å². The third-order valence-electron chi connectivity index (χ3n) is 6.10. The maximum Gasteiger partial charge on any atom is 0.336 e. The van der Waals surface area contributed by atoms with Crippen LogP contribution in [0.2, 0.25) is 0 Å². The summed E-state index contributed by atoms with van der Waals surface area (Å²) in [7, 11) is 4.74. The topological polar surface area (TPSA) is 75.0 Å². The summed E-state index contributed by atoms with van der Waals surface area (Å²) in [5.74, 6) is 0.546. The van der Waals surface area contributed by atoms with E-state index in [-0.39, 0.29) is 23.4 Å². The molecule has 0 aliphatic carbocycles. The first kappa shape index (κ1) is 26.7. The maximum absolute atomic E-state index is 13.6. The Morgan fingerprint density at radius 2 is 1.79 bits per heavy atom. The minimum absolute atomic E-state index is 0.122. The fourth-order valence-electron chi connectivity index (χ4n) is 4.07. The lowest BCUT2D eigenvalue weighted by Gasteiger charge is -2.23. The second kappa shape index (κ2) is 12.0. The standard InChI is InChI=1S/C27H38O6/c1-9-11-12-20(30-6)19-15-21(28)33-27-22(19)25(31-7)18(14-13-16(3)4)26(32-8)23(27)24(29)17(5)10-2/h13,15,17,20H,9-12,14H2,1-8H3/t17-,20-/m0/s1. The van der Waals surface area contributed by atoms with E-state index < -0.39 is 5.63 Å². The normalized spacial score (nSPS) is 13.0. The number of Topliss-reactive ketones (excluding diaryl/α,β-unsaturated/α-hetero) is 1. The van der Waals surface area contributed by atoms with Crippen LogP contribution in [0.4, 0.5) is 0 Å². The van der Waals surface area contributed by atoms with E-state index in [4.69, 9.17) is 18.6 Å². The number of allylic oxidation sites excluding steroid dienone is 2. The average molecular weight is 459 g/mol. The highest BCUT2D eigenvalue weighted by Crippen LogP contribution is 2.45. The van der Waals surface area contributed by atoms with Crippen LogP contribution in [0.25, 0.3) is 11.0 Å². The molecule has 0 saturated heterocycles. The molecule has 0 N–H and O–H groups in total. The minimum atomic E-state index is -0.532. The predicted molar refractivity (Wildman–Crippen MR) is 132 cm³/mol. The van der Waals surface area contributed by atoms with Crippen LogP contribution in [0.5, 0.6) is 11.5 Å². The average Bonchev–Trinajstić information content (AvgIpc) is 2.80. The van der Waals surface area contributed by atoms with E-state index in [9.17, 15) is 9.59 Å². The summed E-state index contributed by atoms with van der Waals surface area (Å²) in [5.41, 5.74) is 2.52. The fourth-order valence-corrected chi connectivity index (χ4v) is 4.07. The zero-order valence-corrected chi connectivity index (χ0v) is 21.3. The van der Waals surface area contributed by atoms with Crippen LogP contribution >= 0.6 is 0 Å². The van der Waals surface area contributed by atoms with Crippen LogP contribution in [0.1, 0.15) is 87.9 Å². The Balaban J connectivity index is 3.11. The summed E-state index contributed by atoms with van der Waals surface area (Å²) in [6.45, 7) is 9.96. The Morgan fingerprint density at radius 3 is 2.30 bits per heavy atom. The molecule has 182 valence electrons. The zero-order valence-electron chi connectivity index (χ0n) is 21.3. The van der Waals surface area contributed by atoms with E-state index in [1.54, 1.807) is 14.2 Å². The summed E-state index contributed by atoms with van der Waals surface area (Å²) >= 11 is 0. The number of unbranched alkanes of at least 4 members (excludes halogenated alkanes) is 1. The monoisotopic (exact) mass is 458 g/mol. The molecule has 0 fully saturated rings. The number of rotatable bonds is 12. The van der Waals surface area contributed by atoms with Gasteiger partial charge < -0.3 is 18.6 Å². The molecule has 33 heavy (non-hydrogen) atoms. The van der Waals surface area contributed by atoms with E-state index in [1.807, 2.05) is 27.7 Å². The molecule has 2 aromatic rings. The van der Waals surface area contributed by atoms with Gasteiger partial charge in [-0.2, -0.15) is 0 Å². The van der Waals surface area contributed by atoms with Crippen molar-refractivity contribution in [3.05, 3.63) is 44.8 Å². The van der Waals surface area contributed by atoms with Gasteiger partial charge in [-0.05, 0) is 33.1 Å². The summed E-state index contributed by atoms with van der Waals surface area (Å²) in [6.07, 6.45) is 5.56. The van der Waals surface area contributed by atoms with Gasteiger partial charge in [0.25, 0.3) is 0 Å². The molecule has 1 aromatic heterocycles. The number of ketones is 1. The molecule has 0 aliphatic heterocycles. The maximum atomic E-state index is 13.6. The van der Waals surface area contributed by atoms with Crippen LogP contribution in [0.3, 0.4) is 0 Å². The van der Waals surface area contributed by atoms with Gasteiger partial charge in [0.15, 0.2) is 11.4 Å². The van der Waals surface area contributed by atoms with Gasteiger partial charge in [-0.1, -0.05) is 45.3 Å². The molecule has 6 nitrogen and oxygen atoms in total. The smallest absolute Gasteiger partial charge is 0.336 e. The molecule has 0 unspecified atom stereocenters. The lowest BCUT2D eigenvalue weighted by molar-refractivity contribution is 0.0921. The molecule has 0 bridgehead atoms. The number of hydrogen-bond acceptors (Lipinski definition) is 6. The number of hydrogen-bond donors (Lipinski definition) is 0. The van der Waals surface area contributed by atoms with E-state index in [1.165, 1.54) is 13.2 Å². The number of ether oxygens (including phenoxy) is 3. The Bertz CT molecular complexity index is 1060. The van der Waals surface area contributed by atoms with E-state index >= 15 is 0 Å². The fraction of sp³-hybridized carbons (Fsp3) is 0.556. The largest absolute Gasteiger partial charge is 0.496 e. The third-order valence-corrected chi connectivity index (χ3v) is 6.10. The number of fused-ring (bicyclic) bond motifs is 1. The molecule has 0 saturated carbocycles. The number of methoxy groups -OCH3 is 3. The van der Waals surface area contributed by atoms with E-state index in [2.05, 4.69) is 13.0 Å². The van der Waals surface area contributed by atoms with Gasteiger partial charge >= 0.3 is 5.63 Å². The van der Waals surface area contributed by atoms with Gasteiger partial charge in [0.1, 0.15) is 17.1 Å². The van der Waals surface area contributed by atoms with Crippen molar-refractivity contribution in [2.75, 3.05) is 21.3 Å². The minimum Gasteiger partial charge on any atom is -0.496 e. The van der Waals surface area contributed by atoms with Crippen LogP contribution in [-0.4, -0.2) is 27.1 Å². The van der Waals surface area contributed by atoms with Crippen LogP contribution in [-0.2, 0) is 11.2 Å². The van der Waals surface area contributed by atoms with Crippen molar-refractivity contribution < 1.29 is 23.4 Å². The van der Waals surface area contributed by atoms with Crippen LogP contribution in [0, 0.1) is 5.92 Å². The number of benzene rings is 1. The Labute approximate surface area is 196 Å². The molecule has 1 heterocycles. The van der Waals surface area contributed by atoms with Gasteiger partial charge in [-0.25, -0.2) is 4.79 Å². The van der Waals surface area contributed by atoms with Crippen molar-refractivity contribution >= 4 is 16.8 Å². The van der Waals surface area contributed by atoms with E-state index in [0.717, 1.165) is 30.4 Å². The highest BCUT2D eigenvalue weighted by molar-refractivity contribution is 6.12.